The van der Waals surface area contributed by atoms with Crippen molar-refractivity contribution in [1.29, 1.82) is 0 Å². The van der Waals surface area contributed by atoms with Gasteiger partial charge in [0.05, 0.1) is 16.9 Å². The minimum Gasteiger partial charge on any atom is -0.381 e. The molecule has 3 aromatic heterocycles. The number of anilines is 1. The molecule has 8 heteroatoms. The van der Waals surface area contributed by atoms with Crippen LogP contribution in [0, 0.1) is 11.6 Å². The Kier molecular flexibility index (Phi) is 3.51. The van der Waals surface area contributed by atoms with Crippen molar-refractivity contribution in [2.75, 3.05) is 5.73 Å². The molecule has 0 fully saturated rings. The largest absolute Gasteiger partial charge is 0.381 e. The number of hydrogen-bond acceptors (Lipinski definition) is 5. The first-order chi connectivity index (χ1) is 13.6. The molecule has 0 bridgehead atoms. The highest BCUT2D eigenvalue weighted by molar-refractivity contribution is 5.88. The summed E-state index contributed by atoms with van der Waals surface area (Å²) < 4.78 is 30.3. The van der Waals surface area contributed by atoms with Crippen molar-refractivity contribution < 1.29 is 8.78 Å². The van der Waals surface area contributed by atoms with E-state index in [9.17, 15) is 8.78 Å². The van der Waals surface area contributed by atoms with E-state index in [4.69, 9.17) is 5.73 Å². The summed E-state index contributed by atoms with van der Waals surface area (Å²) in [4.78, 5) is 16.9. The summed E-state index contributed by atoms with van der Waals surface area (Å²) >= 11 is 0. The van der Waals surface area contributed by atoms with E-state index >= 15 is 0 Å². The molecule has 0 atom stereocenters. The van der Waals surface area contributed by atoms with Crippen molar-refractivity contribution in [3.8, 4) is 22.5 Å². The number of fused-ring (bicyclic) bond motifs is 2. The van der Waals surface area contributed by atoms with Crippen LogP contribution in [0.4, 0.5) is 14.6 Å². The van der Waals surface area contributed by atoms with Gasteiger partial charge in [0.1, 0.15) is 11.3 Å². The molecule has 5 aromatic rings. The van der Waals surface area contributed by atoms with Gasteiger partial charge in [-0.1, -0.05) is 12.1 Å². The maximum absolute atomic E-state index is 14.7. The van der Waals surface area contributed by atoms with Crippen LogP contribution in [0.5, 0.6) is 0 Å². The molecule has 0 saturated heterocycles. The van der Waals surface area contributed by atoms with Gasteiger partial charge in [0, 0.05) is 35.9 Å². The summed E-state index contributed by atoms with van der Waals surface area (Å²) in [5, 5.41) is 0. The molecule has 0 spiro atoms. The summed E-state index contributed by atoms with van der Waals surface area (Å²) in [6, 6.07) is 9.05. The van der Waals surface area contributed by atoms with Crippen molar-refractivity contribution in [1.82, 2.24) is 24.3 Å². The van der Waals surface area contributed by atoms with E-state index in [1.165, 1.54) is 30.6 Å². The average Bonchev–Trinajstić information content (AvgIpc) is 3.18. The third-order valence-corrected chi connectivity index (χ3v) is 4.47. The van der Waals surface area contributed by atoms with Crippen LogP contribution in [0.15, 0.2) is 61.2 Å². The Morgan fingerprint density at radius 2 is 1.75 bits per heavy atom. The third-order valence-electron chi connectivity index (χ3n) is 4.47. The molecule has 2 aromatic carbocycles. The van der Waals surface area contributed by atoms with E-state index in [-0.39, 0.29) is 11.3 Å². The van der Waals surface area contributed by atoms with Crippen molar-refractivity contribution in [3.63, 3.8) is 0 Å². The van der Waals surface area contributed by atoms with Gasteiger partial charge in [-0.3, -0.25) is 9.38 Å². The highest BCUT2D eigenvalue weighted by Gasteiger charge is 2.19. The van der Waals surface area contributed by atoms with Crippen LogP contribution >= 0.6 is 0 Å². The van der Waals surface area contributed by atoms with Crippen molar-refractivity contribution >= 4 is 22.5 Å². The van der Waals surface area contributed by atoms with Crippen LogP contribution < -0.4 is 5.73 Å². The fourth-order valence-corrected chi connectivity index (χ4v) is 3.29. The number of nitrogen functional groups attached to an aromatic ring is 1. The highest BCUT2D eigenvalue weighted by atomic mass is 19.1. The summed E-state index contributed by atoms with van der Waals surface area (Å²) in [5.74, 6) is -0.741. The number of halogens is 2. The summed E-state index contributed by atoms with van der Waals surface area (Å²) in [6.07, 6.45) is 6.20. The van der Waals surface area contributed by atoms with Gasteiger partial charge in [-0.2, -0.15) is 0 Å². The van der Waals surface area contributed by atoms with Crippen LogP contribution in [-0.4, -0.2) is 24.3 Å². The maximum atomic E-state index is 14.7. The molecule has 0 radical (unpaired) electrons. The van der Waals surface area contributed by atoms with Crippen LogP contribution in [0.2, 0.25) is 0 Å². The first-order valence-corrected chi connectivity index (χ1v) is 8.41. The minimum absolute atomic E-state index is 0.170. The number of nitrogens with two attached hydrogens (primary N) is 1. The maximum Gasteiger partial charge on any atom is 0.180 e. The van der Waals surface area contributed by atoms with Gasteiger partial charge < -0.3 is 5.73 Å². The fourth-order valence-electron chi connectivity index (χ4n) is 3.29. The van der Waals surface area contributed by atoms with E-state index < -0.39 is 11.6 Å². The second kappa shape index (κ2) is 6.05. The number of benzene rings is 2. The smallest absolute Gasteiger partial charge is 0.180 e. The lowest BCUT2D eigenvalue weighted by atomic mass is 10.0. The molecule has 5 rings (SSSR count). The quantitative estimate of drug-likeness (QED) is 0.507. The lowest BCUT2D eigenvalue weighted by molar-refractivity contribution is 0.628. The van der Waals surface area contributed by atoms with E-state index in [2.05, 4.69) is 19.9 Å². The topological polar surface area (TPSA) is 82.0 Å². The summed E-state index contributed by atoms with van der Waals surface area (Å²) in [5.41, 5.74) is 9.00. The molecular formula is C20H12F2N6. The average molecular weight is 374 g/mol. The van der Waals surface area contributed by atoms with Crippen molar-refractivity contribution in [2.24, 2.45) is 0 Å². The molecule has 0 aliphatic rings. The van der Waals surface area contributed by atoms with Gasteiger partial charge in [0.15, 0.2) is 17.3 Å². The number of aromatic nitrogens is 5. The van der Waals surface area contributed by atoms with Gasteiger partial charge in [0.2, 0.25) is 0 Å². The first-order valence-electron chi connectivity index (χ1n) is 8.41. The Labute approximate surface area is 157 Å². The molecule has 28 heavy (non-hydrogen) atoms. The highest BCUT2D eigenvalue weighted by Crippen LogP contribution is 2.34. The van der Waals surface area contributed by atoms with Crippen LogP contribution in [0.25, 0.3) is 39.2 Å². The third kappa shape index (κ3) is 2.46. The standard InChI is InChI=1S/C20H12F2N6/c21-13-3-1-2-11(8-13)16-18(28-7-6-26-20(28)19(23)27-16)12-9-14(22)17-15(10-12)24-4-5-25-17/h1-10H,(H2,23,27). The Hall–Kier alpha value is -3.94. The molecular weight excluding hydrogens is 362 g/mol. The molecule has 0 amide bonds. The van der Waals surface area contributed by atoms with Crippen LogP contribution in [0.3, 0.4) is 0 Å². The Balaban J connectivity index is 1.90. The van der Waals surface area contributed by atoms with E-state index in [1.54, 1.807) is 35.0 Å². The number of nitrogens with zero attached hydrogens (tertiary/aromatic N) is 5. The van der Waals surface area contributed by atoms with Crippen molar-refractivity contribution in [3.05, 3.63) is 72.8 Å². The lowest BCUT2D eigenvalue weighted by Crippen LogP contribution is -2.04. The Morgan fingerprint density at radius 1 is 0.893 bits per heavy atom. The normalized spacial score (nSPS) is 11.4. The lowest BCUT2D eigenvalue weighted by Gasteiger charge is -2.14. The second-order valence-corrected chi connectivity index (χ2v) is 6.21. The molecule has 0 unspecified atom stereocenters. The van der Waals surface area contributed by atoms with Gasteiger partial charge in [-0.15, -0.1) is 0 Å². The Morgan fingerprint density at radius 3 is 2.61 bits per heavy atom. The zero-order valence-corrected chi connectivity index (χ0v) is 14.3. The zero-order valence-electron chi connectivity index (χ0n) is 14.3. The molecule has 0 saturated carbocycles. The van der Waals surface area contributed by atoms with E-state index in [0.717, 1.165) is 0 Å². The first kappa shape index (κ1) is 16.2. The second-order valence-electron chi connectivity index (χ2n) is 6.21. The number of imidazole rings is 1. The van der Waals surface area contributed by atoms with Crippen LogP contribution in [0.1, 0.15) is 0 Å². The molecule has 136 valence electrons. The fraction of sp³-hybridized carbons (Fsp3) is 0. The molecule has 3 heterocycles. The van der Waals surface area contributed by atoms with E-state index in [1.807, 2.05) is 0 Å². The molecule has 0 aliphatic heterocycles. The van der Waals surface area contributed by atoms with Crippen LogP contribution in [-0.2, 0) is 0 Å². The van der Waals surface area contributed by atoms with Gasteiger partial charge in [-0.25, -0.2) is 23.7 Å². The molecule has 0 aliphatic carbocycles. The number of hydrogen-bond donors (Lipinski definition) is 1. The predicted octanol–water partition coefficient (Wildman–Crippen LogP) is 3.87. The Bertz CT molecular complexity index is 1360. The van der Waals surface area contributed by atoms with Gasteiger partial charge >= 0.3 is 0 Å². The molecule has 2 N–H and O–H groups in total. The summed E-state index contributed by atoms with van der Waals surface area (Å²) in [7, 11) is 0. The van der Waals surface area contributed by atoms with Gasteiger partial charge in [0.25, 0.3) is 0 Å². The van der Waals surface area contributed by atoms with E-state index in [0.29, 0.717) is 33.7 Å². The van der Waals surface area contributed by atoms with Crippen molar-refractivity contribution in [2.45, 2.75) is 0 Å². The predicted molar refractivity (Wildman–Crippen MR) is 101 cm³/mol. The number of rotatable bonds is 2. The zero-order chi connectivity index (χ0) is 19.3. The SMILES string of the molecule is Nc1nc(-c2cccc(F)c2)c(-c2cc(F)c3nccnc3c2)n2ccnc12. The molecule has 6 nitrogen and oxygen atoms in total. The minimum atomic E-state index is -0.518. The summed E-state index contributed by atoms with van der Waals surface area (Å²) in [6.45, 7) is 0. The monoisotopic (exact) mass is 374 g/mol. The van der Waals surface area contributed by atoms with Gasteiger partial charge in [-0.05, 0) is 24.3 Å².